The van der Waals surface area contributed by atoms with Crippen LogP contribution in [0, 0.1) is 0 Å². The van der Waals surface area contributed by atoms with Gasteiger partial charge in [0.1, 0.15) is 6.10 Å². The van der Waals surface area contributed by atoms with Crippen molar-refractivity contribution in [2.45, 2.75) is 13.0 Å². The molecule has 0 saturated heterocycles. The van der Waals surface area contributed by atoms with Crippen LogP contribution in [-0.4, -0.2) is 6.47 Å². The van der Waals surface area contributed by atoms with E-state index in [2.05, 4.69) is 4.74 Å². The van der Waals surface area contributed by atoms with Crippen molar-refractivity contribution in [3.05, 3.63) is 35.9 Å². The van der Waals surface area contributed by atoms with Crippen LogP contribution in [0.1, 0.15) is 18.6 Å². The van der Waals surface area contributed by atoms with E-state index in [1.807, 2.05) is 30.3 Å². The summed E-state index contributed by atoms with van der Waals surface area (Å²) in [6, 6.07) is 9.53. The van der Waals surface area contributed by atoms with E-state index in [0.717, 1.165) is 5.56 Å². The van der Waals surface area contributed by atoms with Crippen LogP contribution in [0.15, 0.2) is 30.3 Å². The molecule has 0 amide bonds. The summed E-state index contributed by atoms with van der Waals surface area (Å²) in [5.74, 6) is 0. The van der Waals surface area contributed by atoms with Gasteiger partial charge in [0, 0.05) is 0 Å². The zero-order valence-electron chi connectivity index (χ0n) is 6.28. The van der Waals surface area contributed by atoms with Crippen LogP contribution in [0.4, 0.5) is 0 Å². The molecule has 2 heteroatoms. The van der Waals surface area contributed by atoms with Gasteiger partial charge in [0.2, 0.25) is 0 Å². The molecule has 1 rings (SSSR count). The highest BCUT2D eigenvalue weighted by atomic mass is 16.5. The molecule has 0 bridgehead atoms. The van der Waals surface area contributed by atoms with E-state index in [1.165, 1.54) is 6.47 Å². The molecule has 0 aliphatic heterocycles. The third-order valence-corrected chi connectivity index (χ3v) is 1.49. The van der Waals surface area contributed by atoms with Gasteiger partial charge >= 0.3 is 6.47 Å². The zero-order valence-corrected chi connectivity index (χ0v) is 6.28. The molecule has 11 heavy (non-hydrogen) atoms. The summed E-state index contributed by atoms with van der Waals surface area (Å²) in [4.78, 5) is 9.84. The minimum Gasteiger partial charge on any atom is -0.449 e. The third kappa shape index (κ3) is 2.08. The molecule has 0 unspecified atom stereocenters. The second kappa shape index (κ2) is 3.76. The third-order valence-electron chi connectivity index (χ3n) is 1.49. The summed E-state index contributed by atoms with van der Waals surface area (Å²) < 4.78 is 4.62. The first-order valence-electron chi connectivity index (χ1n) is 3.42. The van der Waals surface area contributed by atoms with E-state index in [9.17, 15) is 4.79 Å². The van der Waals surface area contributed by atoms with Crippen molar-refractivity contribution in [1.29, 1.82) is 0 Å². The van der Waals surface area contributed by atoms with Crippen LogP contribution in [0.3, 0.4) is 0 Å². The molecule has 57 valence electrons. The lowest BCUT2D eigenvalue weighted by Gasteiger charge is -2.07. The molecule has 1 aromatic carbocycles. The second-order valence-electron chi connectivity index (χ2n) is 2.25. The normalized spacial score (nSPS) is 12.1. The molecule has 0 aliphatic rings. The van der Waals surface area contributed by atoms with Gasteiger partial charge in [-0.05, 0) is 12.5 Å². The van der Waals surface area contributed by atoms with Crippen molar-refractivity contribution in [2.75, 3.05) is 0 Å². The second-order valence-corrected chi connectivity index (χ2v) is 2.25. The molecule has 1 atom stereocenters. The van der Waals surface area contributed by atoms with E-state index in [1.54, 1.807) is 6.92 Å². The first-order chi connectivity index (χ1) is 5.34. The predicted molar refractivity (Wildman–Crippen MR) is 41.6 cm³/mol. The van der Waals surface area contributed by atoms with E-state index < -0.39 is 0 Å². The fourth-order valence-electron chi connectivity index (χ4n) is 0.864. The summed E-state index contributed by atoms with van der Waals surface area (Å²) in [5.41, 5.74) is 0.982. The van der Waals surface area contributed by atoms with Gasteiger partial charge in [-0.1, -0.05) is 30.3 Å². The summed E-state index contributed by atoms with van der Waals surface area (Å²) in [6.45, 7) is 3.22. The van der Waals surface area contributed by atoms with Gasteiger partial charge < -0.3 is 4.74 Å². The fraction of sp³-hybridized carbons (Fsp3) is 0.222. The minimum atomic E-state index is -0.200. The monoisotopic (exact) mass is 149 g/mol. The average molecular weight is 149 g/mol. The number of benzene rings is 1. The van der Waals surface area contributed by atoms with Crippen molar-refractivity contribution in [1.82, 2.24) is 0 Å². The van der Waals surface area contributed by atoms with E-state index in [-0.39, 0.29) is 6.10 Å². The Morgan fingerprint density at radius 2 is 2.00 bits per heavy atom. The van der Waals surface area contributed by atoms with Crippen molar-refractivity contribution >= 4 is 6.47 Å². The maximum atomic E-state index is 9.84. The number of hydrogen-bond donors (Lipinski definition) is 0. The molecule has 0 aliphatic carbocycles. The average Bonchev–Trinajstić information content (AvgIpc) is 2.07. The maximum Gasteiger partial charge on any atom is 0.418 e. The van der Waals surface area contributed by atoms with Gasteiger partial charge in [-0.15, -0.1) is 0 Å². The van der Waals surface area contributed by atoms with Crippen molar-refractivity contribution in [3.8, 4) is 0 Å². The zero-order chi connectivity index (χ0) is 8.10. The Morgan fingerprint density at radius 1 is 1.36 bits per heavy atom. The Labute approximate surface area is 65.8 Å². The first kappa shape index (κ1) is 7.79. The first-order valence-corrected chi connectivity index (χ1v) is 3.42. The van der Waals surface area contributed by atoms with E-state index in [0.29, 0.717) is 0 Å². The van der Waals surface area contributed by atoms with Crippen LogP contribution >= 0.6 is 0 Å². The van der Waals surface area contributed by atoms with Crippen LogP contribution in [0.5, 0.6) is 0 Å². The SMILES string of the molecule is C[C@@H](O[C]=O)c1ccccc1. The van der Waals surface area contributed by atoms with E-state index in [4.69, 9.17) is 0 Å². The summed E-state index contributed by atoms with van der Waals surface area (Å²) in [6.07, 6.45) is -0.200. The Kier molecular flexibility index (Phi) is 2.66. The summed E-state index contributed by atoms with van der Waals surface area (Å²) in [7, 11) is 0. The molecule has 1 aromatic rings. The quantitative estimate of drug-likeness (QED) is 0.655. The Hall–Kier alpha value is -1.31. The summed E-state index contributed by atoms with van der Waals surface area (Å²) >= 11 is 0. The Balaban J connectivity index is 2.68. The highest BCUT2D eigenvalue weighted by molar-refractivity contribution is 5.39. The van der Waals surface area contributed by atoms with Crippen LogP contribution in [-0.2, 0) is 9.53 Å². The minimum absolute atomic E-state index is 0.200. The fourth-order valence-corrected chi connectivity index (χ4v) is 0.864. The molecule has 1 radical (unpaired) electrons. The maximum absolute atomic E-state index is 9.84. The Morgan fingerprint density at radius 3 is 2.55 bits per heavy atom. The molecule has 0 heterocycles. The smallest absolute Gasteiger partial charge is 0.418 e. The van der Waals surface area contributed by atoms with Gasteiger partial charge in [-0.3, -0.25) is 0 Å². The number of carbonyl (C=O) groups excluding carboxylic acids is 1. The molecule has 0 aromatic heterocycles. The lowest BCUT2D eigenvalue weighted by molar-refractivity contribution is 0.198. The van der Waals surface area contributed by atoms with Crippen molar-refractivity contribution < 1.29 is 9.53 Å². The van der Waals surface area contributed by atoms with Crippen LogP contribution < -0.4 is 0 Å². The van der Waals surface area contributed by atoms with Gasteiger partial charge in [-0.2, -0.15) is 0 Å². The van der Waals surface area contributed by atoms with Gasteiger partial charge in [0.05, 0.1) is 0 Å². The predicted octanol–water partition coefficient (Wildman–Crippen LogP) is 1.83. The van der Waals surface area contributed by atoms with Crippen LogP contribution in [0.25, 0.3) is 0 Å². The standard InChI is InChI=1S/C9H9O2/c1-8(11-7-10)9-5-3-2-4-6-9/h2-6,8H,1H3/t8-/m1/s1. The topological polar surface area (TPSA) is 26.3 Å². The van der Waals surface area contributed by atoms with Crippen molar-refractivity contribution in [2.24, 2.45) is 0 Å². The lowest BCUT2D eigenvalue weighted by Crippen LogP contribution is -1.96. The van der Waals surface area contributed by atoms with E-state index >= 15 is 0 Å². The summed E-state index contributed by atoms with van der Waals surface area (Å²) in [5, 5.41) is 0. The van der Waals surface area contributed by atoms with Gasteiger partial charge in [-0.25, -0.2) is 4.79 Å². The molecule has 0 saturated carbocycles. The molecular formula is C9H9O2. The molecule has 0 N–H and O–H groups in total. The number of ether oxygens (including phenoxy) is 1. The number of rotatable bonds is 3. The van der Waals surface area contributed by atoms with Crippen LogP contribution in [0.2, 0.25) is 0 Å². The molecule has 2 nitrogen and oxygen atoms in total. The lowest BCUT2D eigenvalue weighted by atomic mass is 10.1. The molecular weight excluding hydrogens is 140 g/mol. The number of hydrogen-bond acceptors (Lipinski definition) is 2. The van der Waals surface area contributed by atoms with Gasteiger partial charge in [0.25, 0.3) is 0 Å². The van der Waals surface area contributed by atoms with Crippen molar-refractivity contribution in [3.63, 3.8) is 0 Å². The van der Waals surface area contributed by atoms with Gasteiger partial charge in [0.15, 0.2) is 0 Å². The highest BCUT2D eigenvalue weighted by Gasteiger charge is 2.02. The largest absolute Gasteiger partial charge is 0.449 e. The molecule has 0 fully saturated rings. The Bertz CT molecular complexity index is 218. The highest BCUT2D eigenvalue weighted by Crippen LogP contribution is 2.13. The molecule has 0 spiro atoms.